The van der Waals surface area contributed by atoms with Crippen molar-refractivity contribution in [2.75, 3.05) is 0 Å². The van der Waals surface area contributed by atoms with Crippen molar-refractivity contribution in [3.8, 4) is 5.75 Å². The van der Waals surface area contributed by atoms with Crippen molar-refractivity contribution in [2.24, 2.45) is 17.6 Å². The molecule has 1 amide bonds. The number of amides is 1. The molecule has 0 aliphatic rings. The number of ether oxygens (including phenoxy) is 1. The number of benzene rings is 2. The fourth-order valence-corrected chi connectivity index (χ4v) is 2.97. The second kappa shape index (κ2) is 9.34. The summed E-state index contributed by atoms with van der Waals surface area (Å²) < 4.78 is 10.8. The van der Waals surface area contributed by atoms with Crippen molar-refractivity contribution in [1.29, 1.82) is 5.41 Å². The molecule has 9 heteroatoms. The third-order valence-electron chi connectivity index (χ3n) is 5.19. The zero-order valence-electron chi connectivity index (χ0n) is 17.5. The van der Waals surface area contributed by atoms with Gasteiger partial charge in [-0.05, 0) is 41.1 Å². The normalized spacial score (nSPS) is 12.7. The summed E-state index contributed by atoms with van der Waals surface area (Å²) in [4.78, 5) is 35.5. The lowest BCUT2D eigenvalue weighted by Crippen LogP contribution is -2.34. The van der Waals surface area contributed by atoms with Gasteiger partial charge in [-0.15, -0.1) is 0 Å². The van der Waals surface area contributed by atoms with E-state index in [-0.39, 0.29) is 18.1 Å². The molecule has 1 heterocycles. The number of fused-ring (bicyclic) bond motifs is 1. The van der Waals surface area contributed by atoms with Gasteiger partial charge in [0.15, 0.2) is 0 Å². The number of esters is 1. The number of carboxylic acid groups (broad SMARTS) is 1. The Morgan fingerprint density at radius 1 is 1.06 bits per heavy atom. The molecule has 0 radical (unpaired) electrons. The van der Waals surface area contributed by atoms with Gasteiger partial charge in [0, 0.05) is 11.5 Å². The molecule has 2 atom stereocenters. The van der Waals surface area contributed by atoms with Crippen molar-refractivity contribution < 1.29 is 28.6 Å². The quantitative estimate of drug-likeness (QED) is 0.183. The average Bonchev–Trinajstić information content (AvgIpc) is 3.25. The number of aliphatic carboxylic acids is 1. The summed E-state index contributed by atoms with van der Waals surface area (Å²) in [5.74, 6) is -3.13. The Morgan fingerprint density at radius 2 is 1.75 bits per heavy atom. The molecule has 0 aliphatic carbocycles. The van der Waals surface area contributed by atoms with Crippen LogP contribution in [-0.4, -0.2) is 28.8 Å². The Morgan fingerprint density at radius 3 is 2.44 bits per heavy atom. The molecule has 3 aromatic rings. The molecule has 2 unspecified atom stereocenters. The van der Waals surface area contributed by atoms with E-state index in [1.807, 2.05) is 0 Å². The van der Waals surface area contributed by atoms with E-state index in [4.69, 9.17) is 25.4 Å². The fraction of sp³-hybridized carbons (Fsp3) is 0.217. The molecule has 0 fully saturated rings. The zero-order valence-corrected chi connectivity index (χ0v) is 17.5. The first-order chi connectivity index (χ1) is 15.2. The van der Waals surface area contributed by atoms with E-state index in [0.29, 0.717) is 17.1 Å². The molecule has 5 N–H and O–H groups in total. The van der Waals surface area contributed by atoms with E-state index in [2.05, 4.69) is 5.32 Å². The Balaban J connectivity index is 1.62. The van der Waals surface area contributed by atoms with Crippen LogP contribution in [0.5, 0.6) is 5.75 Å². The molecule has 32 heavy (non-hydrogen) atoms. The lowest BCUT2D eigenvalue weighted by molar-refractivity contribution is -0.146. The molecule has 0 aliphatic heterocycles. The number of nitrogen functional groups attached to an aromatic ring is 1. The molecule has 0 saturated heterocycles. The van der Waals surface area contributed by atoms with Crippen LogP contribution in [0.4, 0.5) is 0 Å². The average molecular weight is 437 g/mol. The fourth-order valence-electron chi connectivity index (χ4n) is 2.97. The van der Waals surface area contributed by atoms with Gasteiger partial charge in [-0.25, -0.2) is 4.79 Å². The summed E-state index contributed by atoms with van der Waals surface area (Å²) in [5.41, 5.74) is 6.10. The Bertz CT molecular complexity index is 1200. The first kappa shape index (κ1) is 22.5. The number of carbonyl (C=O) groups is 3. The summed E-state index contributed by atoms with van der Waals surface area (Å²) >= 11 is 0. The SMILES string of the molecule is CC(C(=O)O)C(C)C(=O)NCc1ccc(C(=O)Oc2ccc3cc(C(=N)N)ccc3c2)o1. The molecule has 166 valence electrons. The van der Waals surface area contributed by atoms with Gasteiger partial charge >= 0.3 is 11.9 Å². The minimum Gasteiger partial charge on any atom is -0.481 e. The van der Waals surface area contributed by atoms with Gasteiger partial charge in [0.1, 0.15) is 17.3 Å². The highest BCUT2D eigenvalue weighted by Crippen LogP contribution is 2.23. The third kappa shape index (κ3) is 5.12. The summed E-state index contributed by atoms with van der Waals surface area (Å²) in [6.45, 7) is 3.00. The number of nitrogens with two attached hydrogens (primary N) is 1. The molecular weight excluding hydrogens is 414 g/mol. The molecular formula is C23H23N3O6. The van der Waals surface area contributed by atoms with Gasteiger partial charge in [-0.2, -0.15) is 0 Å². The first-order valence-electron chi connectivity index (χ1n) is 9.85. The second-order valence-corrected chi connectivity index (χ2v) is 7.43. The van der Waals surface area contributed by atoms with E-state index < -0.39 is 29.7 Å². The minimum atomic E-state index is -1.05. The van der Waals surface area contributed by atoms with Gasteiger partial charge < -0.3 is 25.3 Å². The number of amidine groups is 1. The lowest BCUT2D eigenvalue weighted by Gasteiger charge is -2.15. The molecule has 0 spiro atoms. The predicted octanol–water partition coefficient (Wildman–Crippen LogP) is 2.91. The Kier molecular flexibility index (Phi) is 6.58. The zero-order chi connectivity index (χ0) is 23.4. The van der Waals surface area contributed by atoms with Crippen molar-refractivity contribution >= 4 is 34.5 Å². The van der Waals surface area contributed by atoms with Gasteiger partial charge in [0.05, 0.1) is 12.5 Å². The molecule has 0 bridgehead atoms. The van der Waals surface area contributed by atoms with Gasteiger partial charge in [-0.3, -0.25) is 15.0 Å². The standard InChI is InChI=1S/C23H23N3O6/c1-12(13(2)22(28)29)21(27)26-11-18-7-8-19(31-18)23(30)32-17-6-5-14-9-16(20(24)25)4-3-15(14)10-17/h3-10,12-13H,11H2,1-2H3,(H3,24,25)(H,26,27)(H,28,29). The largest absolute Gasteiger partial charge is 0.481 e. The predicted molar refractivity (Wildman–Crippen MR) is 116 cm³/mol. The van der Waals surface area contributed by atoms with Crippen molar-refractivity contribution in [3.05, 3.63) is 65.6 Å². The van der Waals surface area contributed by atoms with Crippen LogP contribution in [0.1, 0.15) is 35.7 Å². The Labute approximate surface area is 183 Å². The molecule has 9 nitrogen and oxygen atoms in total. The van der Waals surface area contributed by atoms with E-state index in [9.17, 15) is 14.4 Å². The maximum atomic E-state index is 12.4. The van der Waals surface area contributed by atoms with Gasteiger partial charge in [0.2, 0.25) is 11.7 Å². The number of hydrogen-bond donors (Lipinski definition) is 4. The van der Waals surface area contributed by atoms with Crippen molar-refractivity contribution in [1.82, 2.24) is 5.32 Å². The maximum Gasteiger partial charge on any atom is 0.379 e. The number of carboxylic acids is 1. The molecule has 3 rings (SSSR count). The molecule has 0 saturated carbocycles. The Hall–Kier alpha value is -4.14. The highest BCUT2D eigenvalue weighted by atomic mass is 16.5. The van der Waals surface area contributed by atoms with E-state index in [1.165, 1.54) is 26.0 Å². The van der Waals surface area contributed by atoms with Crippen LogP contribution < -0.4 is 15.8 Å². The molecule has 2 aromatic carbocycles. The molecule has 1 aromatic heterocycles. The van der Waals surface area contributed by atoms with Gasteiger partial charge in [0.25, 0.3) is 0 Å². The lowest BCUT2D eigenvalue weighted by atomic mass is 9.95. The van der Waals surface area contributed by atoms with Crippen LogP contribution in [0.15, 0.2) is 52.9 Å². The van der Waals surface area contributed by atoms with E-state index in [1.54, 1.807) is 36.4 Å². The summed E-state index contributed by atoms with van der Waals surface area (Å²) in [7, 11) is 0. The number of furan rings is 1. The number of carbonyl (C=O) groups excluding carboxylic acids is 2. The number of nitrogens with one attached hydrogen (secondary N) is 2. The van der Waals surface area contributed by atoms with Crippen molar-refractivity contribution in [3.63, 3.8) is 0 Å². The smallest absolute Gasteiger partial charge is 0.379 e. The maximum absolute atomic E-state index is 12.4. The van der Waals surface area contributed by atoms with E-state index >= 15 is 0 Å². The number of hydrogen-bond acceptors (Lipinski definition) is 6. The highest BCUT2D eigenvalue weighted by molar-refractivity contribution is 5.99. The van der Waals surface area contributed by atoms with Crippen LogP contribution in [0.3, 0.4) is 0 Å². The third-order valence-corrected chi connectivity index (χ3v) is 5.19. The second-order valence-electron chi connectivity index (χ2n) is 7.43. The minimum absolute atomic E-state index is 0.0112. The first-order valence-corrected chi connectivity index (χ1v) is 9.85. The summed E-state index contributed by atoms with van der Waals surface area (Å²) in [6, 6.07) is 13.3. The number of rotatable bonds is 8. The van der Waals surface area contributed by atoms with Crippen LogP contribution in [0.25, 0.3) is 10.8 Å². The topological polar surface area (TPSA) is 156 Å². The summed E-state index contributed by atoms with van der Waals surface area (Å²) in [5, 5.41) is 20.8. The van der Waals surface area contributed by atoms with Gasteiger partial charge in [-0.1, -0.05) is 32.0 Å². The van der Waals surface area contributed by atoms with Crippen LogP contribution in [0.2, 0.25) is 0 Å². The summed E-state index contributed by atoms with van der Waals surface area (Å²) in [6.07, 6.45) is 0. The van der Waals surface area contributed by atoms with E-state index in [0.717, 1.165) is 10.8 Å². The van der Waals surface area contributed by atoms with Crippen LogP contribution >= 0.6 is 0 Å². The van der Waals surface area contributed by atoms with Crippen LogP contribution in [-0.2, 0) is 16.1 Å². The van der Waals surface area contributed by atoms with Crippen LogP contribution in [0, 0.1) is 17.2 Å². The monoisotopic (exact) mass is 437 g/mol. The van der Waals surface area contributed by atoms with Crippen molar-refractivity contribution in [2.45, 2.75) is 20.4 Å². The highest BCUT2D eigenvalue weighted by Gasteiger charge is 2.25.